The van der Waals surface area contributed by atoms with Gasteiger partial charge in [-0.3, -0.25) is 0 Å². The normalized spacial score (nSPS) is 11.8. The number of thiazole rings is 1. The van der Waals surface area contributed by atoms with Crippen molar-refractivity contribution in [2.75, 3.05) is 7.11 Å². The number of nitrogens with zero attached hydrogens (tertiary/aromatic N) is 1. The van der Waals surface area contributed by atoms with E-state index in [1.165, 1.54) is 10.4 Å². The Morgan fingerprint density at radius 2 is 2.00 bits per heavy atom. The Bertz CT molecular complexity index is 743. The quantitative estimate of drug-likeness (QED) is 0.625. The van der Waals surface area contributed by atoms with Crippen molar-refractivity contribution in [1.29, 1.82) is 0 Å². The number of hydrogen-bond donors (Lipinski definition) is 1. The van der Waals surface area contributed by atoms with E-state index in [2.05, 4.69) is 39.3 Å². The number of para-hydroxylation sites is 1. The molecule has 3 rings (SSSR count). The summed E-state index contributed by atoms with van der Waals surface area (Å²) in [5, 5.41) is 9.03. The number of hydrogen-bond acceptors (Lipinski definition) is 5. The molecule has 0 saturated carbocycles. The van der Waals surface area contributed by atoms with Gasteiger partial charge in [0.15, 0.2) is 0 Å². The zero-order valence-electron chi connectivity index (χ0n) is 13.7. The molecule has 1 N–H and O–H groups in total. The second-order valence-electron chi connectivity index (χ2n) is 5.36. The standard InChI is InChI=1S/C18H20N2OS2.ClH/c1-13-12-23-18(20-13)16(10-15-7-5-9-22-15)19-11-14-6-3-4-8-17(14)21-2;/h3-9,12,16,19H,10-11H2,1-2H3;1H. The van der Waals surface area contributed by atoms with E-state index >= 15 is 0 Å². The molecule has 128 valence electrons. The first kappa shape index (κ1) is 18.9. The molecule has 0 radical (unpaired) electrons. The van der Waals surface area contributed by atoms with Crippen molar-refractivity contribution in [3.8, 4) is 5.75 Å². The Balaban J connectivity index is 0.00000208. The smallest absolute Gasteiger partial charge is 0.123 e. The van der Waals surface area contributed by atoms with Crippen LogP contribution in [-0.4, -0.2) is 12.1 Å². The fourth-order valence-corrected chi connectivity index (χ4v) is 4.11. The first-order valence-corrected chi connectivity index (χ1v) is 9.32. The Morgan fingerprint density at radius 1 is 1.17 bits per heavy atom. The summed E-state index contributed by atoms with van der Waals surface area (Å²) < 4.78 is 5.44. The molecule has 24 heavy (non-hydrogen) atoms. The van der Waals surface area contributed by atoms with E-state index in [-0.39, 0.29) is 18.4 Å². The predicted octanol–water partition coefficient (Wildman–Crippen LogP) is 5.02. The summed E-state index contributed by atoms with van der Waals surface area (Å²) in [6.45, 7) is 2.81. The first-order chi connectivity index (χ1) is 11.3. The average molecular weight is 381 g/mol. The molecule has 0 saturated heterocycles. The van der Waals surface area contributed by atoms with E-state index in [0.717, 1.165) is 29.4 Å². The van der Waals surface area contributed by atoms with Crippen molar-refractivity contribution in [3.05, 3.63) is 68.3 Å². The van der Waals surface area contributed by atoms with E-state index in [9.17, 15) is 0 Å². The van der Waals surface area contributed by atoms with Gasteiger partial charge >= 0.3 is 0 Å². The topological polar surface area (TPSA) is 34.1 Å². The van der Waals surface area contributed by atoms with Gasteiger partial charge in [0.05, 0.1) is 13.2 Å². The monoisotopic (exact) mass is 380 g/mol. The summed E-state index contributed by atoms with van der Waals surface area (Å²) in [5.74, 6) is 0.921. The molecule has 0 aliphatic carbocycles. The maximum atomic E-state index is 5.44. The van der Waals surface area contributed by atoms with Gasteiger partial charge in [0.2, 0.25) is 0 Å². The van der Waals surface area contributed by atoms with Crippen LogP contribution in [0.1, 0.15) is 27.2 Å². The molecule has 3 aromatic rings. The molecule has 1 unspecified atom stereocenters. The molecule has 6 heteroatoms. The van der Waals surface area contributed by atoms with Crippen molar-refractivity contribution in [1.82, 2.24) is 10.3 Å². The van der Waals surface area contributed by atoms with Crippen LogP contribution in [0.3, 0.4) is 0 Å². The highest BCUT2D eigenvalue weighted by Gasteiger charge is 2.16. The second kappa shape index (κ2) is 9.18. The number of aromatic nitrogens is 1. The minimum Gasteiger partial charge on any atom is -0.496 e. The van der Waals surface area contributed by atoms with Crippen LogP contribution in [-0.2, 0) is 13.0 Å². The summed E-state index contributed by atoms with van der Waals surface area (Å²) in [5.41, 5.74) is 2.25. The zero-order chi connectivity index (χ0) is 16.1. The van der Waals surface area contributed by atoms with Gasteiger partial charge < -0.3 is 10.1 Å². The summed E-state index contributed by atoms with van der Waals surface area (Å²) in [6.07, 6.45) is 0.958. The average Bonchev–Trinajstić information content (AvgIpc) is 3.23. The summed E-state index contributed by atoms with van der Waals surface area (Å²) in [6, 6.07) is 12.6. The zero-order valence-corrected chi connectivity index (χ0v) is 16.1. The Hall–Kier alpha value is -1.40. The molecule has 1 aromatic carbocycles. The SMILES string of the molecule is COc1ccccc1CNC(Cc1cccs1)c1nc(C)cs1.Cl. The molecule has 2 aromatic heterocycles. The largest absolute Gasteiger partial charge is 0.496 e. The number of rotatable bonds is 7. The van der Waals surface area contributed by atoms with Gasteiger partial charge in [-0.05, 0) is 24.4 Å². The molecule has 0 spiro atoms. The van der Waals surface area contributed by atoms with Crippen LogP contribution in [0.4, 0.5) is 0 Å². The lowest BCUT2D eigenvalue weighted by molar-refractivity contribution is 0.405. The fraction of sp³-hybridized carbons (Fsp3) is 0.278. The second-order valence-corrected chi connectivity index (χ2v) is 7.28. The highest BCUT2D eigenvalue weighted by molar-refractivity contribution is 7.10. The predicted molar refractivity (Wildman–Crippen MR) is 105 cm³/mol. The van der Waals surface area contributed by atoms with E-state index < -0.39 is 0 Å². The third kappa shape index (κ3) is 4.80. The molecular weight excluding hydrogens is 360 g/mol. The molecule has 3 nitrogen and oxygen atoms in total. The van der Waals surface area contributed by atoms with Crippen molar-refractivity contribution < 1.29 is 4.74 Å². The van der Waals surface area contributed by atoms with Gasteiger partial charge in [-0.15, -0.1) is 35.1 Å². The van der Waals surface area contributed by atoms with Crippen molar-refractivity contribution in [2.24, 2.45) is 0 Å². The van der Waals surface area contributed by atoms with E-state index in [0.29, 0.717) is 0 Å². The number of aryl methyl sites for hydroxylation is 1. The van der Waals surface area contributed by atoms with Crippen LogP contribution < -0.4 is 10.1 Å². The summed E-state index contributed by atoms with van der Waals surface area (Å²) in [7, 11) is 1.71. The Kier molecular flexibility index (Phi) is 7.24. The molecule has 1 atom stereocenters. The van der Waals surface area contributed by atoms with Gasteiger partial charge in [-0.1, -0.05) is 24.3 Å². The molecule has 2 heterocycles. The summed E-state index contributed by atoms with van der Waals surface area (Å²) >= 11 is 3.52. The van der Waals surface area contributed by atoms with Gasteiger partial charge in [-0.25, -0.2) is 4.98 Å². The lowest BCUT2D eigenvalue weighted by Gasteiger charge is -2.17. The Labute approximate surface area is 157 Å². The number of benzene rings is 1. The lowest BCUT2D eigenvalue weighted by Crippen LogP contribution is -2.23. The number of thiophene rings is 1. The van der Waals surface area contributed by atoms with Crippen LogP contribution in [0.5, 0.6) is 5.75 Å². The number of methoxy groups -OCH3 is 1. The van der Waals surface area contributed by atoms with E-state index in [1.807, 2.05) is 25.1 Å². The van der Waals surface area contributed by atoms with Gasteiger partial charge in [0, 0.05) is 34.5 Å². The molecule has 0 amide bonds. The van der Waals surface area contributed by atoms with Crippen LogP contribution in [0, 0.1) is 6.92 Å². The highest BCUT2D eigenvalue weighted by Crippen LogP contribution is 2.25. The van der Waals surface area contributed by atoms with Gasteiger partial charge in [0.1, 0.15) is 10.8 Å². The number of halogens is 1. The maximum absolute atomic E-state index is 5.44. The van der Waals surface area contributed by atoms with Gasteiger partial charge in [-0.2, -0.15) is 0 Å². The summed E-state index contributed by atoms with van der Waals surface area (Å²) in [4.78, 5) is 6.05. The number of nitrogens with one attached hydrogen (secondary N) is 1. The van der Waals surface area contributed by atoms with Crippen LogP contribution >= 0.6 is 35.1 Å². The third-order valence-electron chi connectivity index (χ3n) is 3.65. The van der Waals surface area contributed by atoms with Crippen LogP contribution in [0.15, 0.2) is 47.2 Å². The molecule has 0 aliphatic rings. The van der Waals surface area contributed by atoms with Crippen molar-refractivity contribution >= 4 is 35.1 Å². The Morgan fingerprint density at radius 3 is 2.67 bits per heavy atom. The molecule has 0 bridgehead atoms. The molecule has 0 fully saturated rings. The molecular formula is C18H21ClN2OS2. The van der Waals surface area contributed by atoms with Gasteiger partial charge in [0.25, 0.3) is 0 Å². The van der Waals surface area contributed by atoms with Crippen LogP contribution in [0.2, 0.25) is 0 Å². The number of ether oxygens (including phenoxy) is 1. The van der Waals surface area contributed by atoms with Crippen molar-refractivity contribution in [2.45, 2.75) is 25.9 Å². The minimum atomic E-state index is 0. The highest BCUT2D eigenvalue weighted by atomic mass is 35.5. The minimum absolute atomic E-state index is 0. The maximum Gasteiger partial charge on any atom is 0.123 e. The first-order valence-electron chi connectivity index (χ1n) is 7.56. The molecule has 0 aliphatic heterocycles. The van der Waals surface area contributed by atoms with Crippen LogP contribution in [0.25, 0.3) is 0 Å². The van der Waals surface area contributed by atoms with Crippen molar-refractivity contribution in [3.63, 3.8) is 0 Å². The lowest BCUT2D eigenvalue weighted by atomic mass is 10.1. The third-order valence-corrected chi connectivity index (χ3v) is 5.63. The van der Waals surface area contributed by atoms with E-state index in [1.54, 1.807) is 29.8 Å². The van der Waals surface area contributed by atoms with E-state index in [4.69, 9.17) is 4.74 Å². The fourth-order valence-electron chi connectivity index (χ4n) is 2.49.